The Morgan fingerprint density at radius 1 is 1.23 bits per heavy atom. The van der Waals surface area contributed by atoms with Crippen molar-refractivity contribution >= 4 is 23.4 Å². The highest BCUT2D eigenvalue weighted by molar-refractivity contribution is 6.31. The molecule has 44 heavy (non-hydrogen) atoms. The zero-order chi connectivity index (χ0) is 31.6. The third-order valence-corrected chi connectivity index (χ3v) is 9.43. The molecule has 0 radical (unpaired) electrons. The number of pyridine rings is 1. The number of nitrogens with one attached hydrogen (secondary N) is 1. The third kappa shape index (κ3) is 8.71. The number of halogens is 1. The van der Waals surface area contributed by atoms with Gasteiger partial charge < -0.3 is 16.2 Å². The summed E-state index contributed by atoms with van der Waals surface area (Å²) in [6.07, 6.45) is 14.7. The van der Waals surface area contributed by atoms with Crippen molar-refractivity contribution in [1.82, 2.24) is 9.88 Å². The van der Waals surface area contributed by atoms with E-state index in [4.69, 9.17) is 22.3 Å². The molecule has 1 aliphatic carbocycles. The first-order chi connectivity index (χ1) is 21.2. The van der Waals surface area contributed by atoms with Crippen LogP contribution in [-0.4, -0.2) is 46.6 Å². The number of aliphatic carboxylic acids is 1. The number of aryl methyl sites for hydroxylation is 1. The zero-order valence-corrected chi connectivity index (χ0v) is 27.4. The number of benzene rings is 1. The van der Waals surface area contributed by atoms with Crippen molar-refractivity contribution in [2.75, 3.05) is 25.0 Å². The van der Waals surface area contributed by atoms with Crippen LogP contribution in [0.5, 0.6) is 0 Å². The number of hydrogen-bond acceptors (Lipinski definition) is 5. The van der Waals surface area contributed by atoms with Crippen LogP contribution in [0.15, 0.2) is 82.6 Å². The molecule has 4 N–H and O–H groups in total. The van der Waals surface area contributed by atoms with Gasteiger partial charge in [0.25, 0.3) is 0 Å². The molecule has 2 heterocycles. The van der Waals surface area contributed by atoms with Gasteiger partial charge in [-0.05, 0) is 85.8 Å². The van der Waals surface area contributed by atoms with Gasteiger partial charge in [0.15, 0.2) is 0 Å². The Morgan fingerprint density at radius 2 is 1.98 bits per heavy atom. The summed E-state index contributed by atoms with van der Waals surface area (Å²) >= 11 is 6.47. The summed E-state index contributed by atoms with van der Waals surface area (Å²) in [6.45, 7) is 12.4. The molecule has 0 amide bonds. The Balaban J connectivity index is 1.49. The van der Waals surface area contributed by atoms with Crippen molar-refractivity contribution in [2.45, 2.75) is 84.6 Å². The summed E-state index contributed by atoms with van der Waals surface area (Å²) in [5, 5.41) is 13.4. The van der Waals surface area contributed by atoms with Crippen molar-refractivity contribution < 1.29 is 9.90 Å². The van der Waals surface area contributed by atoms with Crippen molar-refractivity contribution in [2.24, 2.45) is 11.7 Å². The van der Waals surface area contributed by atoms with Crippen LogP contribution in [0.3, 0.4) is 0 Å². The Hall–Kier alpha value is -3.19. The normalized spacial score (nSPS) is 17.9. The van der Waals surface area contributed by atoms with Gasteiger partial charge in [-0.2, -0.15) is 0 Å². The van der Waals surface area contributed by atoms with Crippen LogP contribution in [0.1, 0.15) is 76.3 Å². The number of allylic oxidation sites excluding steroid dienone is 3. The predicted molar refractivity (Wildman–Crippen MR) is 184 cm³/mol. The van der Waals surface area contributed by atoms with Gasteiger partial charge in [0, 0.05) is 42.0 Å². The molecule has 1 aliphatic heterocycles. The standard InChI is InChI=1S/C37H49ClN4O2/c1-5-34(33(23-39)37(43)44)40-36-16-10-15-35(41-36)32-14-9-11-26(3)30(32)20-18-25(2)17-19-28-24-42(22-21-31(28)27(4)38)29-12-7-6-8-13-29/h9-11,14-17,19,25,29H,4-8,12-13,18,20-24,39H2,1-3H3,(H,40,41)(H,43,44)/b19-17-,34-33+. The maximum absolute atomic E-state index is 11.7. The second kappa shape index (κ2) is 16.2. The third-order valence-electron chi connectivity index (χ3n) is 9.20. The Kier molecular flexibility index (Phi) is 12.4. The van der Waals surface area contributed by atoms with Crippen LogP contribution >= 0.6 is 11.6 Å². The molecular weight excluding hydrogens is 568 g/mol. The van der Waals surface area contributed by atoms with E-state index < -0.39 is 5.97 Å². The monoisotopic (exact) mass is 616 g/mol. The van der Waals surface area contributed by atoms with Gasteiger partial charge in [0.2, 0.25) is 0 Å². The SMILES string of the molecule is C=C(Cl)C1=C(/C=C\C(C)CCc2c(C)cccc2-c2cccc(N/C(CC)=C(\CN)C(=O)O)n2)CN(C2CCCCC2)CC1. The molecule has 6 nitrogen and oxygen atoms in total. The molecule has 0 bridgehead atoms. The number of aromatic nitrogens is 1. The topological polar surface area (TPSA) is 91.5 Å². The van der Waals surface area contributed by atoms with E-state index in [0.29, 0.717) is 34.9 Å². The quantitative estimate of drug-likeness (QED) is 0.196. The fourth-order valence-corrected chi connectivity index (χ4v) is 6.79. The van der Waals surface area contributed by atoms with E-state index in [-0.39, 0.29) is 12.1 Å². The zero-order valence-electron chi connectivity index (χ0n) is 26.7. The average Bonchev–Trinajstić information content (AvgIpc) is 3.03. The van der Waals surface area contributed by atoms with Gasteiger partial charge in [0.05, 0.1) is 11.3 Å². The minimum Gasteiger partial charge on any atom is -0.478 e. The predicted octanol–water partition coefficient (Wildman–Crippen LogP) is 8.39. The summed E-state index contributed by atoms with van der Waals surface area (Å²) in [5.74, 6) is -0.0222. The minimum atomic E-state index is -1.01. The molecule has 2 aliphatic rings. The highest BCUT2D eigenvalue weighted by atomic mass is 35.5. The van der Waals surface area contributed by atoms with E-state index in [0.717, 1.165) is 43.6 Å². The van der Waals surface area contributed by atoms with E-state index >= 15 is 0 Å². The number of carboxylic acids is 1. The van der Waals surface area contributed by atoms with E-state index in [2.05, 4.69) is 61.0 Å². The highest BCUT2D eigenvalue weighted by Crippen LogP contribution is 2.32. The summed E-state index contributed by atoms with van der Waals surface area (Å²) in [6, 6.07) is 12.9. The molecule has 1 fully saturated rings. The Labute approximate surface area is 268 Å². The lowest BCUT2D eigenvalue weighted by Crippen LogP contribution is -2.41. The molecule has 1 atom stereocenters. The second-order valence-corrected chi connectivity index (χ2v) is 12.7. The smallest absolute Gasteiger partial charge is 0.334 e. The molecular formula is C37H49ClN4O2. The van der Waals surface area contributed by atoms with Crippen LogP contribution in [-0.2, 0) is 11.2 Å². The van der Waals surface area contributed by atoms with Crippen molar-refractivity contribution in [3.8, 4) is 11.3 Å². The van der Waals surface area contributed by atoms with Crippen molar-refractivity contribution in [1.29, 1.82) is 0 Å². The van der Waals surface area contributed by atoms with Gasteiger partial charge in [-0.1, -0.05) is 87.7 Å². The van der Waals surface area contributed by atoms with Gasteiger partial charge >= 0.3 is 5.97 Å². The summed E-state index contributed by atoms with van der Waals surface area (Å²) in [4.78, 5) is 19.2. The lowest BCUT2D eigenvalue weighted by atomic mass is 9.90. The van der Waals surface area contributed by atoms with Crippen molar-refractivity contribution in [3.63, 3.8) is 0 Å². The molecule has 1 unspecified atom stereocenters. The Bertz CT molecular complexity index is 1420. The number of rotatable bonds is 13. The van der Waals surface area contributed by atoms with E-state index in [1.165, 1.54) is 54.4 Å². The summed E-state index contributed by atoms with van der Waals surface area (Å²) in [5.41, 5.74) is 13.5. The highest BCUT2D eigenvalue weighted by Gasteiger charge is 2.26. The first-order valence-electron chi connectivity index (χ1n) is 16.2. The van der Waals surface area contributed by atoms with E-state index in [1.807, 2.05) is 25.1 Å². The van der Waals surface area contributed by atoms with Crippen LogP contribution in [0, 0.1) is 12.8 Å². The van der Waals surface area contributed by atoms with Gasteiger partial charge in [0.1, 0.15) is 5.82 Å². The number of anilines is 1. The van der Waals surface area contributed by atoms with Crippen LogP contribution < -0.4 is 11.1 Å². The first-order valence-corrected chi connectivity index (χ1v) is 16.6. The number of carboxylic acid groups (broad SMARTS) is 1. The molecule has 0 saturated heterocycles. The maximum Gasteiger partial charge on any atom is 0.334 e. The minimum absolute atomic E-state index is 0.0438. The van der Waals surface area contributed by atoms with Crippen molar-refractivity contribution in [3.05, 3.63) is 93.7 Å². The largest absolute Gasteiger partial charge is 0.478 e. The molecule has 1 aromatic carbocycles. The number of nitrogens with zero attached hydrogens (tertiary/aromatic N) is 2. The van der Waals surface area contributed by atoms with E-state index in [1.54, 1.807) is 0 Å². The molecule has 4 rings (SSSR count). The molecule has 0 spiro atoms. The molecule has 2 aromatic rings. The molecule has 236 valence electrons. The van der Waals surface area contributed by atoms with Gasteiger partial charge in [-0.15, -0.1) is 0 Å². The lowest BCUT2D eigenvalue weighted by molar-refractivity contribution is -0.132. The lowest BCUT2D eigenvalue weighted by Gasteiger charge is -2.38. The molecule has 1 aromatic heterocycles. The van der Waals surface area contributed by atoms with Crippen LogP contribution in [0.4, 0.5) is 5.82 Å². The van der Waals surface area contributed by atoms with E-state index in [9.17, 15) is 9.90 Å². The fraction of sp³-hybridized carbons (Fsp3) is 0.459. The Morgan fingerprint density at radius 3 is 2.66 bits per heavy atom. The maximum atomic E-state index is 11.7. The molecule has 7 heteroatoms. The number of hydrogen-bond donors (Lipinski definition) is 3. The second-order valence-electron chi connectivity index (χ2n) is 12.3. The average molecular weight is 617 g/mol. The molecule has 1 saturated carbocycles. The fourth-order valence-electron chi connectivity index (χ4n) is 6.58. The van der Waals surface area contributed by atoms with Gasteiger partial charge in [-0.25, -0.2) is 9.78 Å². The van der Waals surface area contributed by atoms with Crippen LogP contribution in [0.2, 0.25) is 0 Å². The van der Waals surface area contributed by atoms with Crippen LogP contribution in [0.25, 0.3) is 11.3 Å². The number of nitrogens with two attached hydrogens (primary N) is 1. The first kappa shape index (κ1) is 33.7. The van der Waals surface area contributed by atoms with Gasteiger partial charge in [-0.3, -0.25) is 4.90 Å². The summed E-state index contributed by atoms with van der Waals surface area (Å²) < 4.78 is 0. The summed E-state index contributed by atoms with van der Waals surface area (Å²) in [7, 11) is 0. The number of carbonyl (C=O) groups is 1.